The second kappa shape index (κ2) is 7.71. The van der Waals surface area contributed by atoms with Crippen LogP contribution in [0.25, 0.3) is 11.5 Å². The molecule has 152 valence electrons. The molecule has 28 heavy (non-hydrogen) atoms. The number of likely N-dealkylation sites (tertiary alicyclic amines) is 1. The molecule has 0 spiro atoms. The van der Waals surface area contributed by atoms with Gasteiger partial charge in [0.05, 0.1) is 0 Å². The highest BCUT2D eigenvalue weighted by molar-refractivity contribution is 7.89. The minimum atomic E-state index is -3.71. The summed E-state index contributed by atoms with van der Waals surface area (Å²) in [6.45, 7) is 4.49. The lowest BCUT2D eigenvalue weighted by Gasteiger charge is -2.36. The van der Waals surface area contributed by atoms with E-state index in [0.717, 1.165) is 19.5 Å². The van der Waals surface area contributed by atoms with Crippen molar-refractivity contribution in [3.63, 3.8) is 0 Å². The molecule has 0 saturated carbocycles. The predicted molar refractivity (Wildman–Crippen MR) is 103 cm³/mol. The number of nitrogens with one attached hydrogen (secondary N) is 1. The molecule has 0 aromatic carbocycles. The zero-order valence-corrected chi connectivity index (χ0v) is 16.8. The first kappa shape index (κ1) is 19.2. The Morgan fingerprint density at radius 3 is 2.64 bits per heavy atom. The molecule has 2 aliphatic heterocycles. The molecule has 0 bridgehead atoms. The van der Waals surface area contributed by atoms with Crippen LogP contribution in [0.1, 0.15) is 32.6 Å². The number of furan rings is 1. The van der Waals surface area contributed by atoms with Crippen molar-refractivity contribution in [3.05, 3.63) is 24.4 Å². The SMILES string of the molecule is C[C@H]1CCCN(C(=O)C2CCN(S(=O)(=O)c3ccc(-c4ccn[nH]4)o3)CC2)C1. The van der Waals surface area contributed by atoms with Crippen molar-refractivity contribution < 1.29 is 17.6 Å². The first-order valence-corrected chi connectivity index (χ1v) is 11.3. The maximum absolute atomic E-state index is 12.9. The summed E-state index contributed by atoms with van der Waals surface area (Å²) in [6, 6.07) is 4.81. The predicted octanol–water partition coefficient (Wildman–Crippen LogP) is 2.33. The molecule has 0 radical (unpaired) electrons. The summed E-state index contributed by atoms with van der Waals surface area (Å²) in [4.78, 5) is 14.8. The fraction of sp³-hybridized carbons (Fsp3) is 0.579. The summed E-state index contributed by atoms with van der Waals surface area (Å²) >= 11 is 0. The second-order valence-corrected chi connectivity index (χ2v) is 9.67. The maximum Gasteiger partial charge on any atom is 0.276 e. The minimum absolute atomic E-state index is 0.0771. The van der Waals surface area contributed by atoms with Crippen molar-refractivity contribution in [2.75, 3.05) is 26.2 Å². The number of sulfonamides is 1. The number of aromatic nitrogens is 2. The van der Waals surface area contributed by atoms with E-state index in [1.165, 1.54) is 16.8 Å². The van der Waals surface area contributed by atoms with Crippen LogP contribution < -0.4 is 0 Å². The Morgan fingerprint density at radius 1 is 1.18 bits per heavy atom. The van der Waals surface area contributed by atoms with Crippen LogP contribution in [-0.2, 0) is 14.8 Å². The van der Waals surface area contributed by atoms with Gasteiger partial charge in [-0.3, -0.25) is 9.89 Å². The summed E-state index contributed by atoms with van der Waals surface area (Å²) in [5, 5.41) is 6.53. The monoisotopic (exact) mass is 406 g/mol. The molecule has 4 heterocycles. The van der Waals surface area contributed by atoms with Crippen LogP contribution in [0.3, 0.4) is 0 Å². The summed E-state index contributed by atoms with van der Waals surface area (Å²) < 4.78 is 32.8. The molecule has 2 aliphatic rings. The normalized spacial score (nSPS) is 22.5. The van der Waals surface area contributed by atoms with Crippen molar-refractivity contribution in [2.24, 2.45) is 11.8 Å². The Bertz CT molecular complexity index is 914. The van der Waals surface area contributed by atoms with Gasteiger partial charge in [-0.1, -0.05) is 6.92 Å². The standard InChI is InChI=1S/C19H26N4O4S/c1-14-3-2-10-22(13-14)19(24)15-7-11-23(12-8-15)28(25,26)18-5-4-17(27-18)16-6-9-20-21-16/h4-6,9,14-15H,2-3,7-8,10-13H2,1H3,(H,20,21)/t14-/m0/s1. The topological polar surface area (TPSA) is 99.5 Å². The van der Waals surface area contributed by atoms with E-state index in [0.29, 0.717) is 43.3 Å². The first-order valence-electron chi connectivity index (χ1n) is 9.83. The quantitative estimate of drug-likeness (QED) is 0.840. The van der Waals surface area contributed by atoms with Gasteiger partial charge in [0.25, 0.3) is 10.0 Å². The van der Waals surface area contributed by atoms with Gasteiger partial charge < -0.3 is 9.32 Å². The largest absolute Gasteiger partial charge is 0.442 e. The minimum Gasteiger partial charge on any atom is -0.442 e. The van der Waals surface area contributed by atoms with Gasteiger partial charge in [-0.15, -0.1) is 0 Å². The smallest absolute Gasteiger partial charge is 0.276 e. The highest BCUT2D eigenvalue weighted by Crippen LogP contribution is 2.29. The molecule has 2 fully saturated rings. The van der Waals surface area contributed by atoms with E-state index >= 15 is 0 Å². The van der Waals surface area contributed by atoms with Crippen molar-refractivity contribution in [1.82, 2.24) is 19.4 Å². The Morgan fingerprint density at radius 2 is 1.96 bits per heavy atom. The maximum atomic E-state index is 12.9. The van der Waals surface area contributed by atoms with E-state index in [1.54, 1.807) is 18.3 Å². The lowest BCUT2D eigenvalue weighted by molar-refractivity contribution is -0.138. The fourth-order valence-electron chi connectivity index (χ4n) is 4.11. The van der Waals surface area contributed by atoms with Crippen molar-refractivity contribution >= 4 is 15.9 Å². The van der Waals surface area contributed by atoms with Crippen molar-refractivity contribution in [1.29, 1.82) is 0 Å². The highest BCUT2D eigenvalue weighted by atomic mass is 32.2. The molecular weight excluding hydrogens is 380 g/mol. The second-order valence-electron chi connectivity index (χ2n) is 7.80. The molecule has 2 saturated heterocycles. The lowest BCUT2D eigenvalue weighted by atomic mass is 9.93. The van der Waals surface area contributed by atoms with Gasteiger partial charge in [0.2, 0.25) is 11.0 Å². The molecule has 2 aromatic heterocycles. The fourth-order valence-corrected chi connectivity index (χ4v) is 5.50. The molecule has 9 heteroatoms. The van der Waals surface area contributed by atoms with E-state index in [4.69, 9.17) is 4.42 Å². The summed E-state index contributed by atoms with van der Waals surface area (Å²) in [7, 11) is -3.71. The third-order valence-corrected chi connectivity index (χ3v) is 7.49. The van der Waals surface area contributed by atoms with Gasteiger partial charge in [-0.2, -0.15) is 9.40 Å². The first-order chi connectivity index (χ1) is 13.4. The van der Waals surface area contributed by atoms with Crippen LogP contribution in [0.4, 0.5) is 0 Å². The molecule has 1 atom stereocenters. The molecule has 4 rings (SSSR count). The van der Waals surface area contributed by atoms with Crippen LogP contribution in [-0.4, -0.2) is 59.9 Å². The Hall–Kier alpha value is -2.13. The van der Waals surface area contributed by atoms with Gasteiger partial charge in [-0.25, -0.2) is 8.42 Å². The number of rotatable bonds is 4. The Labute approximate surface area is 164 Å². The summed E-state index contributed by atoms with van der Waals surface area (Å²) in [5.41, 5.74) is 0.626. The number of carbonyl (C=O) groups is 1. The lowest BCUT2D eigenvalue weighted by Crippen LogP contribution is -2.46. The van der Waals surface area contributed by atoms with Crippen LogP contribution in [0, 0.1) is 11.8 Å². The number of amides is 1. The third kappa shape index (κ3) is 3.73. The van der Waals surface area contributed by atoms with Crippen molar-refractivity contribution in [2.45, 2.75) is 37.7 Å². The molecule has 0 aliphatic carbocycles. The number of H-pyrrole nitrogens is 1. The Balaban J connectivity index is 1.39. The number of hydrogen-bond acceptors (Lipinski definition) is 5. The average Bonchev–Trinajstić information content (AvgIpc) is 3.39. The van der Waals surface area contributed by atoms with Crippen LogP contribution in [0.2, 0.25) is 0 Å². The highest BCUT2D eigenvalue weighted by Gasteiger charge is 2.36. The molecule has 1 N–H and O–H groups in total. The van der Waals surface area contributed by atoms with E-state index in [1.807, 2.05) is 4.90 Å². The van der Waals surface area contributed by atoms with Gasteiger partial charge in [-0.05, 0) is 49.8 Å². The van der Waals surface area contributed by atoms with Crippen LogP contribution >= 0.6 is 0 Å². The van der Waals surface area contributed by atoms with E-state index < -0.39 is 10.0 Å². The average molecular weight is 407 g/mol. The zero-order valence-electron chi connectivity index (χ0n) is 16.0. The zero-order chi connectivity index (χ0) is 19.7. The number of hydrogen-bond donors (Lipinski definition) is 1. The van der Waals surface area contributed by atoms with Crippen molar-refractivity contribution in [3.8, 4) is 11.5 Å². The van der Waals surface area contributed by atoms with Gasteiger partial charge in [0.1, 0.15) is 5.69 Å². The molecule has 1 amide bonds. The van der Waals surface area contributed by atoms with Crippen LogP contribution in [0.5, 0.6) is 0 Å². The van der Waals surface area contributed by atoms with Gasteiger partial charge in [0, 0.05) is 38.3 Å². The third-order valence-electron chi connectivity index (χ3n) is 5.71. The number of piperidine rings is 2. The Kier molecular flexibility index (Phi) is 5.29. The van der Waals surface area contributed by atoms with E-state index in [9.17, 15) is 13.2 Å². The number of carbonyl (C=O) groups excluding carboxylic acids is 1. The summed E-state index contributed by atoms with van der Waals surface area (Å²) in [6.07, 6.45) is 4.91. The molecule has 8 nitrogen and oxygen atoms in total. The van der Waals surface area contributed by atoms with Gasteiger partial charge in [0.15, 0.2) is 5.76 Å². The summed E-state index contributed by atoms with van der Waals surface area (Å²) in [5.74, 6) is 1.07. The van der Waals surface area contributed by atoms with Gasteiger partial charge >= 0.3 is 0 Å². The number of nitrogens with zero attached hydrogens (tertiary/aromatic N) is 3. The molecule has 2 aromatic rings. The van der Waals surface area contributed by atoms with E-state index in [2.05, 4.69) is 17.1 Å². The molecular formula is C19H26N4O4S. The molecule has 0 unspecified atom stereocenters. The number of aromatic amines is 1. The van der Waals surface area contributed by atoms with Crippen LogP contribution in [0.15, 0.2) is 33.9 Å². The van der Waals surface area contributed by atoms with E-state index in [-0.39, 0.29) is 16.9 Å².